The highest BCUT2D eigenvalue weighted by Crippen LogP contribution is 2.41. The van der Waals surface area contributed by atoms with Gasteiger partial charge in [0, 0.05) is 35.3 Å². The predicted octanol–water partition coefficient (Wildman–Crippen LogP) is 2.28. The molecule has 3 aliphatic rings. The van der Waals surface area contributed by atoms with Crippen molar-refractivity contribution in [3.8, 4) is 0 Å². The first-order valence-corrected chi connectivity index (χ1v) is 9.25. The number of amides is 2. The van der Waals surface area contributed by atoms with E-state index in [2.05, 4.69) is 11.9 Å². The average molecular weight is 360 g/mol. The largest absolute Gasteiger partial charge is 0.339 e. The fourth-order valence-electron chi connectivity index (χ4n) is 3.47. The van der Waals surface area contributed by atoms with Crippen LogP contribution in [0.25, 0.3) is 0 Å². The van der Waals surface area contributed by atoms with Crippen LogP contribution in [0, 0.1) is 5.41 Å². The van der Waals surface area contributed by atoms with Crippen LogP contribution in [0.2, 0.25) is 0 Å². The van der Waals surface area contributed by atoms with Crippen LogP contribution >= 0.6 is 0 Å². The van der Waals surface area contributed by atoms with Gasteiger partial charge in [-0.3, -0.25) is 9.59 Å². The molecular formula is C20H28N2O4. The Morgan fingerprint density at radius 3 is 2.38 bits per heavy atom. The van der Waals surface area contributed by atoms with Gasteiger partial charge in [-0.2, -0.15) is 0 Å². The quantitative estimate of drug-likeness (QED) is 0.767. The lowest BCUT2D eigenvalue weighted by Crippen LogP contribution is -2.52. The lowest BCUT2D eigenvalue weighted by molar-refractivity contribution is -0.259. The number of carbonyl (C=O) groups excluding carboxylic acids is 2. The van der Waals surface area contributed by atoms with E-state index in [4.69, 9.17) is 9.47 Å². The fraction of sp³-hybridized carbons (Fsp3) is 0.600. The van der Waals surface area contributed by atoms with Crippen molar-refractivity contribution in [1.29, 1.82) is 0 Å². The summed E-state index contributed by atoms with van der Waals surface area (Å²) in [6, 6.07) is 0. The molecule has 3 aliphatic heterocycles. The third-order valence-corrected chi connectivity index (χ3v) is 5.05. The third kappa shape index (κ3) is 3.35. The summed E-state index contributed by atoms with van der Waals surface area (Å²) < 4.78 is 11.8. The van der Waals surface area contributed by atoms with E-state index >= 15 is 0 Å². The SMILES string of the molecule is C=C(C=C1C(=CC)NC(=O)C12OCC(C)(C)CO2)C(=O)N1CCCCC1. The number of likely N-dealkylation sites (tertiary alicyclic amines) is 1. The van der Waals surface area contributed by atoms with Crippen molar-refractivity contribution < 1.29 is 19.1 Å². The molecule has 0 aromatic heterocycles. The summed E-state index contributed by atoms with van der Waals surface area (Å²) >= 11 is 0. The summed E-state index contributed by atoms with van der Waals surface area (Å²) in [5.74, 6) is -1.95. The standard InChI is InChI=1S/C20H28N2O4/c1-5-16-15(11-14(2)17(23)22-9-7-6-8-10-22)20(18(24)21-16)25-12-19(3,4)13-26-20/h5,11H,2,6-10,12-13H2,1,3-4H3,(H,21,24). The zero-order valence-corrected chi connectivity index (χ0v) is 15.9. The van der Waals surface area contributed by atoms with Crippen molar-refractivity contribution in [1.82, 2.24) is 10.2 Å². The van der Waals surface area contributed by atoms with E-state index in [0.29, 0.717) is 30.1 Å². The van der Waals surface area contributed by atoms with Crippen LogP contribution in [0.4, 0.5) is 0 Å². The second kappa shape index (κ2) is 7.00. The number of allylic oxidation sites excluding steroid dienone is 1. The molecule has 3 rings (SSSR count). The molecule has 1 spiro atoms. The molecule has 142 valence electrons. The topological polar surface area (TPSA) is 67.9 Å². The van der Waals surface area contributed by atoms with Crippen LogP contribution in [0.3, 0.4) is 0 Å². The Morgan fingerprint density at radius 1 is 1.19 bits per heavy atom. The van der Waals surface area contributed by atoms with Gasteiger partial charge in [0.15, 0.2) is 0 Å². The normalized spacial score (nSPS) is 27.8. The molecule has 0 aromatic rings. The van der Waals surface area contributed by atoms with E-state index in [1.54, 1.807) is 12.2 Å². The molecular weight excluding hydrogens is 332 g/mol. The molecule has 3 heterocycles. The van der Waals surface area contributed by atoms with Gasteiger partial charge in [-0.05, 0) is 32.3 Å². The van der Waals surface area contributed by atoms with E-state index in [9.17, 15) is 9.59 Å². The Hall–Kier alpha value is -1.92. The maximum Gasteiger partial charge on any atom is 0.289 e. The average Bonchev–Trinajstić information content (AvgIpc) is 2.89. The lowest BCUT2D eigenvalue weighted by Gasteiger charge is -2.40. The van der Waals surface area contributed by atoms with Crippen LogP contribution < -0.4 is 5.32 Å². The van der Waals surface area contributed by atoms with Crippen molar-refractivity contribution in [3.05, 3.63) is 35.6 Å². The molecule has 6 heteroatoms. The monoisotopic (exact) mass is 360 g/mol. The van der Waals surface area contributed by atoms with Crippen LogP contribution in [-0.2, 0) is 19.1 Å². The number of carbonyl (C=O) groups is 2. The summed E-state index contributed by atoms with van der Waals surface area (Å²) in [5, 5.41) is 2.80. The zero-order valence-electron chi connectivity index (χ0n) is 15.9. The van der Waals surface area contributed by atoms with Crippen LogP contribution in [0.15, 0.2) is 35.6 Å². The Morgan fingerprint density at radius 2 is 1.81 bits per heavy atom. The summed E-state index contributed by atoms with van der Waals surface area (Å²) in [6.45, 7) is 12.1. The maximum atomic E-state index is 12.7. The molecule has 0 bridgehead atoms. The molecule has 0 aliphatic carbocycles. The molecule has 26 heavy (non-hydrogen) atoms. The molecule has 0 atom stereocenters. The van der Waals surface area contributed by atoms with E-state index in [1.807, 2.05) is 25.7 Å². The second-order valence-electron chi connectivity index (χ2n) is 7.95. The first-order chi connectivity index (χ1) is 12.3. The number of hydrogen-bond acceptors (Lipinski definition) is 4. The Balaban J connectivity index is 1.88. The molecule has 0 aromatic carbocycles. The number of ether oxygens (including phenoxy) is 2. The Bertz CT molecular complexity index is 674. The Labute approximate surface area is 154 Å². The molecule has 3 fully saturated rings. The minimum atomic E-state index is -1.50. The molecule has 0 saturated carbocycles. The van der Waals surface area contributed by atoms with E-state index in [1.165, 1.54) is 0 Å². The Kier molecular flexibility index (Phi) is 5.08. The molecule has 0 unspecified atom stereocenters. The highest BCUT2D eigenvalue weighted by Gasteiger charge is 2.55. The van der Waals surface area contributed by atoms with Gasteiger partial charge < -0.3 is 19.7 Å². The summed E-state index contributed by atoms with van der Waals surface area (Å²) in [4.78, 5) is 27.2. The van der Waals surface area contributed by atoms with Crippen molar-refractivity contribution in [2.45, 2.75) is 45.8 Å². The molecule has 2 amide bonds. The third-order valence-electron chi connectivity index (χ3n) is 5.05. The predicted molar refractivity (Wildman–Crippen MR) is 98.0 cm³/mol. The van der Waals surface area contributed by atoms with Crippen LogP contribution in [-0.4, -0.2) is 48.8 Å². The first kappa shape index (κ1) is 18.9. The number of piperidine rings is 1. The van der Waals surface area contributed by atoms with Crippen molar-refractivity contribution in [2.24, 2.45) is 5.41 Å². The summed E-state index contributed by atoms with van der Waals surface area (Å²) in [7, 11) is 0. The van der Waals surface area contributed by atoms with Crippen molar-refractivity contribution in [2.75, 3.05) is 26.3 Å². The maximum absolute atomic E-state index is 12.7. The number of nitrogens with zero attached hydrogens (tertiary/aromatic N) is 1. The van der Waals surface area contributed by atoms with Gasteiger partial charge in [0.25, 0.3) is 17.6 Å². The molecule has 0 radical (unpaired) electrons. The van der Waals surface area contributed by atoms with Crippen LogP contribution in [0.1, 0.15) is 40.0 Å². The van der Waals surface area contributed by atoms with Crippen molar-refractivity contribution in [3.63, 3.8) is 0 Å². The number of hydrogen-bond donors (Lipinski definition) is 1. The molecule has 1 N–H and O–H groups in total. The van der Waals surface area contributed by atoms with Gasteiger partial charge in [0.1, 0.15) is 0 Å². The molecule has 6 nitrogen and oxygen atoms in total. The van der Waals surface area contributed by atoms with Gasteiger partial charge in [0.2, 0.25) is 0 Å². The van der Waals surface area contributed by atoms with Gasteiger partial charge in [-0.25, -0.2) is 0 Å². The fourth-order valence-corrected chi connectivity index (χ4v) is 3.47. The number of nitrogens with one attached hydrogen (secondary N) is 1. The van der Waals surface area contributed by atoms with Gasteiger partial charge in [0.05, 0.1) is 13.2 Å². The summed E-state index contributed by atoms with van der Waals surface area (Å²) in [6.07, 6.45) is 6.60. The summed E-state index contributed by atoms with van der Waals surface area (Å²) in [5.41, 5.74) is 1.29. The van der Waals surface area contributed by atoms with E-state index in [-0.39, 0.29) is 17.2 Å². The minimum Gasteiger partial charge on any atom is -0.339 e. The second-order valence-corrected chi connectivity index (χ2v) is 7.95. The van der Waals surface area contributed by atoms with Gasteiger partial charge >= 0.3 is 0 Å². The molecule has 3 saturated heterocycles. The van der Waals surface area contributed by atoms with Gasteiger partial charge in [-0.15, -0.1) is 0 Å². The van der Waals surface area contributed by atoms with Gasteiger partial charge in [-0.1, -0.05) is 26.5 Å². The lowest BCUT2D eigenvalue weighted by atomic mass is 9.93. The highest BCUT2D eigenvalue weighted by molar-refractivity contribution is 5.99. The first-order valence-electron chi connectivity index (χ1n) is 9.25. The smallest absolute Gasteiger partial charge is 0.289 e. The number of rotatable bonds is 2. The zero-order chi connectivity index (χ0) is 18.9. The van der Waals surface area contributed by atoms with E-state index in [0.717, 1.165) is 32.4 Å². The van der Waals surface area contributed by atoms with Crippen molar-refractivity contribution >= 4 is 11.8 Å². The van der Waals surface area contributed by atoms with E-state index < -0.39 is 5.79 Å². The highest BCUT2D eigenvalue weighted by atomic mass is 16.7. The minimum absolute atomic E-state index is 0.0988. The van der Waals surface area contributed by atoms with Crippen LogP contribution in [0.5, 0.6) is 0 Å².